The minimum atomic E-state index is -1.69. The quantitative estimate of drug-likeness (QED) is 0.315. The van der Waals surface area contributed by atoms with Gasteiger partial charge < -0.3 is 25.4 Å². The number of unbranched alkanes of at least 4 members (excludes halogenated alkanes) is 2. The molecule has 37 heavy (non-hydrogen) atoms. The van der Waals surface area contributed by atoms with Crippen LogP contribution in [0.2, 0.25) is 0 Å². The summed E-state index contributed by atoms with van der Waals surface area (Å²) in [5, 5.41) is 23.2. The van der Waals surface area contributed by atoms with E-state index in [1.807, 2.05) is 13.0 Å². The molecule has 0 aromatic rings. The first-order chi connectivity index (χ1) is 17.0. The lowest BCUT2D eigenvalue weighted by atomic mass is 9.45. The molecule has 0 aliphatic heterocycles. The average Bonchev–Trinajstić information content (AvgIpc) is 3.09. The van der Waals surface area contributed by atoms with Gasteiger partial charge in [-0.3, -0.25) is 9.59 Å². The molecule has 3 saturated carbocycles. The van der Waals surface area contributed by atoms with Crippen molar-refractivity contribution >= 4 is 30.1 Å². The topological polar surface area (TPSA) is 136 Å². The van der Waals surface area contributed by atoms with Gasteiger partial charge in [0.1, 0.15) is 5.60 Å². The molecule has 0 spiro atoms. The number of ether oxygens (including phenoxy) is 2. The standard InChI is InChI=1S/C28H41NO7.ClH/c1-17-13-19-20-8-10-28(34,23(32)16-36-25(33)35-12-6-4-5-11-29)27(20,3)15-22(31)24(19)26(2)9-7-18(30)14-21(17)26;/h7,9,14,17,19-20,22,24,31,34H,4-6,8,10-13,15-16,29H2,1-3H3;1H/t17-,19-,20-,22-,24+,26-,27-,28-;/m0./s1. The van der Waals surface area contributed by atoms with Crippen molar-refractivity contribution in [3.8, 4) is 0 Å². The number of fused-ring (bicyclic) bond motifs is 5. The van der Waals surface area contributed by atoms with E-state index in [1.54, 1.807) is 12.2 Å². The molecular formula is C28H42ClNO7. The van der Waals surface area contributed by atoms with Gasteiger partial charge in [-0.15, -0.1) is 12.4 Å². The third-order valence-corrected chi connectivity index (χ3v) is 9.82. The van der Waals surface area contributed by atoms with Crippen molar-refractivity contribution in [3.63, 3.8) is 0 Å². The highest BCUT2D eigenvalue weighted by Crippen LogP contribution is 2.67. The fourth-order valence-corrected chi connectivity index (χ4v) is 8.08. The van der Waals surface area contributed by atoms with Gasteiger partial charge in [0.25, 0.3) is 0 Å². The van der Waals surface area contributed by atoms with Crippen molar-refractivity contribution in [1.82, 2.24) is 0 Å². The molecule has 0 heterocycles. The van der Waals surface area contributed by atoms with Crippen LogP contribution in [0.15, 0.2) is 23.8 Å². The second kappa shape index (κ2) is 11.2. The largest absolute Gasteiger partial charge is 0.508 e. The number of halogens is 1. The molecule has 0 radical (unpaired) electrons. The Kier molecular flexibility index (Phi) is 9.00. The molecule has 3 fully saturated rings. The number of Topliss-reactive ketones (excluding diaryl/α,β-unsaturated/α-hetero) is 1. The Labute approximate surface area is 225 Å². The van der Waals surface area contributed by atoms with E-state index in [1.165, 1.54) is 0 Å². The molecule has 208 valence electrons. The van der Waals surface area contributed by atoms with E-state index in [0.29, 0.717) is 19.4 Å². The Morgan fingerprint density at radius 1 is 1.19 bits per heavy atom. The van der Waals surface area contributed by atoms with E-state index in [9.17, 15) is 24.6 Å². The summed E-state index contributed by atoms with van der Waals surface area (Å²) in [6.45, 7) is 6.34. The Morgan fingerprint density at radius 2 is 1.92 bits per heavy atom. The van der Waals surface area contributed by atoms with Crippen LogP contribution in [0.25, 0.3) is 0 Å². The molecule has 8 atom stereocenters. The molecule has 0 aromatic carbocycles. The Balaban J connectivity index is 0.00000380. The lowest BCUT2D eigenvalue weighted by Crippen LogP contribution is -2.62. The van der Waals surface area contributed by atoms with Crippen molar-refractivity contribution in [2.45, 2.75) is 77.4 Å². The molecule has 0 aromatic heterocycles. The van der Waals surface area contributed by atoms with Crippen molar-refractivity contribution in [2.75, 3.05) is 19.8 Å². The number of aliphatic hydroxyl groups excluding tert-OH is 1. The first-order valence-electron chi connectivity index (χ1n) is 13.4. The summed E-state index contributed by atoms with van der Waals surface area (Å²) < 4.78 is 10.1. The maximum atomic E-state index is 13.3. The van der Waals surface area contributed by atoms with Gasteiger partial charge >= 0.3 is 6.16 Å². The Bertz CT molecular complexity index is 966. The number of rotatable bonds is 8. The molecule has 4 aliphatic carbocycles. The zero-order chi connectivity index (χ0) is 26.3. The summed E-state index contributed by atoms with van der Waals surface area (Å²) in [7, 11) is 0. The number of carbonyl (C=O) groups is 3. The van der Waals surface area contributed by atoms with Gasteiger partial charge in [-0.2, -0.15) is 0 Å². The van der Waals surface area contributed by atoms with E-state index in [2.05, 4.69) is 13.8 Å². The van der Waals surface area contributed by atoms with Crippen LogP contribution in [0.4, 0.5) is 4.79 Å². The van der Waals surface area contributed by atoms with Crippen LogP contribution in [0.5, 0.6) is 0 Å². The minimum Gasteiger partial charge on any atom is -0.434 e. The van der Waals surface area contributed by atoms with Gasteiger partial charge in [-0.1, -0.05) is 32.4 Å². The van der Waals surface area contributed by atoms with Crippen molar-refractivity contribution < 1.29 is 34.1 Å². The van der Waals surface area contributed by atoms with Crippen molar-refractivity contribution in [2.24, 2.45) is 40.2 Å². The highest BCUT2D eigenvalue weighted by Gasteiger charge is 2.68. The van der Waals surface area contributed by atoms with Gasteiger partial charge in [0.15, 0.2) is 12.4 Å². The lowest BCUT2D eigenvalue weighted by Gasteiger charge is -2.60. The van der Waals surface area contributed by atoms with Gasteiger partial charge in [0, 0.05) is 16.7 Å². The third-order valence-electron chi connectivity index (χ3n) is 9.82. The molecule has 0 amide bonds. The molecule has 4 N–H and O–H groups in total. The number of ketones is 2. The molecule has 4 rings (SSSR count). The van der Waals surface area contributed by atoms with Crippen molar-refractivity contribution in [1.29, 1.82) is 0 Å². The van der Waals surface area contributed by atoms with Crippen LogP contribution in [0, 0.1) is 34.5 Å². The lowest BCUT2D eigenvalue weighted by molar-refractivity contribution is -0.180. The summed E-state index contributed by atoms with van der Waals surface area (Å²) in [5.41, 5.74) is 3.55. The fourth-order valence-electron chi connectivity index (χ4n) is 8.08. The van der Waals surface area contributed by atoms with E-state index in [4.69, 9.17) is 15.2 Å². The summed E-state index contributed by atoms with van der Waals surface area (Å²) >= 11 is 0. The number of carbonyl (C=O) groups excluding carboxylic acids is 3. The number of hydrogen-bond donors (Lipinski definition) is 3. The summed E-state index contributed by atoms with van der Waals surface area (Å²) in [4.78, 5) is 37.3. The zero-order valence-corrected chi connectivity index (χ0v) is 22.9. The van der Waals surface area contributed by atoms with E-state index in [0.717, 1.165) is 24.8 Å². The van der Waals surface area contributed by atoms with Crippen LogP contribution in [0.3, 0.4) is 0 Å². The molecule has 4 aliphatic rings. The summed E-state index contributed by atoms with van der Waals surface area (Å²) in [5.74, 6) is -0.372. The normalized spacial score (nSPS) is 40.0. The summed E-state index contributed by atoms with van der Waals surface area (Å²) in [6.07, 6.45) is 7.95. The van der Waals surface area contributed by atoms with Gasteiger partial charge in [-0.05, 0) is 81.4 Å². The van der Waals surface area contributed by atoms with E-state index >= 15 is 0 Å². The van der Waals surface area contributed by atoms with E-state index in [-0.39, 0.29) is 61.3 Å². The minimum absolute atomic E-state index is 0. The molecule has 0 bridgehead atoms. The highest BCUT2D eigenvalue weighted by molar-refractivity contribution is 6.01. The number of aliphatic hydroxyl groups is 2. The number of nitrogens with two attached hydrogens (primary N) is 1. The summed E-state index contributed by atoms with van der Waals surface area (Å²) in [6, 6.07) is 0. The molecule has 0 saturated heterocycles. The predicted molar refractivity (Wildman–Crippen MR) is 140 cm³/mol. The second-order valence-corrected chi connectivity index (χ2v) is 11.8. The third kappa shape index (κ3) is 5.02. The second-order valence-electron chi connectivity index (χ2n) is 11.8. The van der Waals surface area contributed by atoms with Crippen LogP contribution in [0.1, 0.15) is 65.7 Å². The van der Waals surface area contributed by atoms with Gasteiger partial charge in [0.2, 0.25) is 5.78 Å². The van der Waals surface area contributed by atoms with Crippen LogP contribution >= 0.6 is 12.4 Å². The monoisotopic (exact) mass is 539 g/mol. The highest BCUT2D eigenvalue weighted by atomic mass is 35.5. The average molecular weight is 540 g/mol. The maximum absolute atomic E-state index is 13.3. The first-order valence-corrected chi connectivity index (χ1v) is 13.4. The molecular weight excluding hydrogens is 498 g/mol. The fraction of sp³-hybridized carbons (Fsp3) is 0.750. The number of allylic oxidation sites excluding steroid dienone is 4. The van der Waals surface area contributed by atoms with Crippen molar-refractivity contribution in [3.05, 3.63) is 23.8 Å². The predicted octanol–water partition coefficient (Wildman–Crippen LogP) is 3.52. The van der Waals surface area contributed by atoms with E-state index < -0.39 is 41.1 Å². The van der Waals surface area contributed by atoms with Crippen LogP contribution in [-0.4, -0.2) is 59.4 Å². The maximum Gasteiger partial charge on any atom is 0.508 e. The van der Waals surface area contributed by atoms with Crippen LogP contribution in [-0.2, 0) is 19.1 Å². The van der Waals surface area contributed by atoms with Gasteiger partial charge in [-0.25, -0.2) is 4.79 Å². The molecule has 9 heteroatoms. The Hall–Kier alpha value is -1.74. The molecule has 8 nitrogen and oxygen atoms in total. The van der Waals surface area contributed by atoms with Gasteiger partial charge in [0.05, 0.1) is 12.7 Å². The van der Waals surface area contributed by atoms with Crippen LogP contribution < -0.4 is 5.73 Å². The first kappa shape index (κ1) is 29.8. The Morgan fingerprint density at radius 3 is 2.62 bits per heavy atom. The molecule has 0 unspecified atom stereocenters. The SMILES string of the molecule is C[C@H]1C[C@@H]2[C@H]([C@@H](O)C[C@@]3(C)[C@H]2CC[C@]3(O)C(=O)COC(=O)OCCCCCN)[C@@]2(C)C=CC(=O)C=C12.Cl. The zero-order valence-electron chi connectivity index (χ0n) is 22.1. The number of hydrogen-bond acceptors (Lipinski definition) is 8. The smallest absolute Gasteiger partial charge is 0.434 e.